The first-order chi connectivity index (χ1) is 9.52. The lowest BCUT2D eigenvalue weighted by molar-refractivity contribution is -0.121. The highest BCUT2D eigenvalue weighted by molar-refractivity contribution is 6.29. The monoisotopic (exact) mass is 299 g/mol. The van der Waals surface area contributed by atoms with Crippen LogP contribution in [0.25, 0.3) is 0 Å². The number of aryl methyl sites for hydroxylation is 1. The number of ether oxygens (including phenoxy) is 1. The minimum Gasteiger partial charge on any atom is -0.383 e. The number of halogens is 1. The molecule has 0 radical (unpaired) electrons. The summed E-state index contributed by atoms with van der Waals surface area (Å²) < 4.78 is 4.81. The van der Waals surface area contributed by atoms with Gasteiger partial charge in [-0.1, -0.05) is 11.6 Å². The summed E-state index contributed by atoms with van der Waals surface area (Å²) in [6, 6.07) is 3.13. The van der Waals surface area contributed by atoms with Crippen molar-refractivity contribution in [2.24, 2.45) is 0 Å². The van der Waals surface area contributed by atoms with E-state index in [0.29, 0.717) is 24.4 Å². The van der Waals surface area contributed by atoms with E-state index in [9.17, 15) is 9.59 Å². The van der Waals surface area contributed by atoms with Crippen molar-refractivity contribution in [3.8, 4) is 0 Å². The van der Waals surface area contributed by atoms with Crippen molar-refractivity contribution < 1.29 is 14.3 Å². The molecule has 0 fully saturated rings. The fraction of sp³-hybridized carbons (Fsp3) is 0.462. The lowest BCUT2D eigenvalue weighted by atomic mass is 10.2. The van der Waals surface area contributed by atoms with E-state index in [1.54, 1.807) is 20.1 Å². The van der Waals surface area contributed by atoms with Gasteiger partial charge in [0.05, 0.1) is 6.61 Å². The summed E-state index contributed by atoms with van der Waals surface area (Å²) in [5.41, 5.74) is 1.10. The van der Waals surface area contributed by atoms with Gasteiger partial charge in [0, 0.05) is 37.9 Å². The molecule has 20 heavy (non-hydrogen) atoms. The number of nitrogens with zero attached hydrogens (tertiary/aromatic N) is 1. The van der Waals surface area contributed by atoms with E-state index in [0.717, 1.165) is 0 Å². The summed E-state index contributed by atoms with van der Waals surface area (Å²) in [4.78, 5) is 27.2. The number of carbonyl (C=O) groups is 2. The lowest BCUT2D eigenvalue weighted by Gasteiger charge is -2.07. The van der Waals surface area contributed by atoms with Crippen molar-refractivity contribution >= 4 is 23.4 Å². The number of nitrogens with one attached hydrogen (secondary N) is 2. The first-order valence-corrected chi connectivity index (χ1v) is 6.58. The summed E-state index contributed by atoms with van der Waals surface area (Å²) >= 11 is 5.78. The Bertz CT molecular complexity index is 460. The zero-order valence-corrected chi connectivity index (χ0v) is 12.3. The van der Waals surface area contributed by atoms with Gasteiger partial charge in [0.2, 0.25) is 5.91 Å². The molecule has 1 rings (SSSR count). The molecule has 1 aromatic rings. The van der Waals surface area contributed by atoms with Crippen LogP contribution in [0.5, 0.6) is 0 Å². The largest absolute Gasteiger partial charge is 0.383 e. The molecule has 1 aromatic heterocycles. The van der Waals surface area contributed by atoms with Crippen LogP contribution in [0.3, 0.4) is 0 Å². The molecule has 2 amide bonds. The maximum absolute atomic E-state index is 11.8. The number of pyridine rings is 1. The van der Waals surface area contributed by atoms with Crippen molar-refractivity contribution in [1.29, 1.82) is 0 Å². The minimum absolute atomic E-state index is 0.133. The molecule has 0 atom stereocenters. The molecule has 110 valence electrons. The molecule has 0 aromatic carbocycles. The summed E-state index contributed by atoms with van der Waals surface area (Å²) in [6.45, 7) is 2.94. The zero-order valence-electron chi connectivity index (χ0n) is 11.5. The SMILES string of the molecule is COCCNC(=O)CCNC(=O)c1cc(C)nc(Cl)c1. The average molecular weight is 300 g/mol. The molecule has 0 unspecified atom stereocenters. The Hall–Kier alpha value is -1.66. The first kappa shape index (κ1) is 16.4. The Labute approximate surface area is 122 Å². The standard InChI is InChI=1S/C13H18ClN3O3/c1-9-7-10(8-11(14)17-9)13(19)16-4-3-12(18)15-5-6-20-2/h7-8H,3-6H2,1-2H3,(H,15,18)(H,16,19). The molecule has 1 heterocycles. The van der Waals surface area contributed by atoms with Crippen LogP contribution >= 0.6 is 11.6 Å². The average Bonchev–Trinajstić information content (AvgIpc) is 2.37. The smallest absolute Gasteiger partial charge is 0.251 e. The van der Waals surface area contributed by atoms with Crippen molar-refractivity contribution in [1.82, 2.24) is 15.6 Å². The van der Waals surface area contributed by atoms with Crippen LogP contribution in [0, 0.1) is 6.92 Å². The Balaban J connectivity index is 2.34. The Kier molecular flexibility index (Phi) is 6.97. The molecule has 0 saturated heterocycles. The van der Waals surface area contributed by atoms with Gasteiger partial charge in [-0.25, -0.2) is 4.98 Å². The number of aromatic nitrogens is 1. The molecule has 0 saturated carbocycles. The Morgan fingerprint density at radius 3 is 2.70 bits per heavy atom. The normalized spacial score (nSPS) is 10.2. The number of hydrogen-bond acceptors (Lipinski definition) is 4. The van der Waals surface area contributed by atoms with Gasteiger partial charge in [0.1, 0.15) is 5.15 Å². The highest BCUT2D eigenvalue weighted by atomic mass is 35.5. The van der Waals surface area contributed by atoms with E-state index >= 15 is 0 Å². The van der Waals surface area contributed by atoms with Crippen LogP contribution in [0.15, 0.2) is 12.1 Å². The van der Waals surface area contributed by atoms with E-state index in [2.05, 4.69) is 15.6 Å². The van der Waals surface area contributed by atoms with Gasteiger partial charge in [0.25, 0.3) is 5.91 Å². The van der Waals surface area contributed by atoms with Crippen LogP contribution in [-0.4, -0.2) is 43.6 Å². The van der Waals surface area contributed by atoms with Crippen molar-refractivity contribution in [3.05, 3.63) is 28.5 Å². The Morgan fingerprint density at radius 2 is 2.05 bits per heavy atom. The number of amides is 2. The van der Waals surface area contributed by atoms with Gasteiger partial charge in [-0.2, -0.15) is 0 Å². The molecular weight excluding hydrogens is 282 g/mol. The quantitative estimate of drug-likeness (QED) is 0.580. The fourth-order valence-corrected chi connectivity index (χ4v) is 1.78. The van der Waals surface area contributed by atoms with E-state index in [1.807, 2.05) is 0 Å². The van der Waals surface area contributed by atoms with Crippen molar-refractivity contribution in [2.45, 2.75) is 13.3 Å². The minimum atomic E-state index is -0.276. The molecule has 2 N–H and O–H groups in total. The van der Waals surface area contributed by atoms with Crippen LogP contribution in [0.2, 0.25) is 5.15 Å². The molecule has 0 aliphatic carbocycles. The second-order valence-corrected chi connectivity index (χ2v) is 4.56. The van der Waals surface area contributed by atoms with Crippen LogP contribution < -0.4 is 10.6 Å². The van der Waals surface area contributed by atoms with E-state index in [-0.39, 0.29) is 29.9 Å². The second-order valence-electron chi connectivity index (χ2n) is 4.17. The third kappa shape index (κ3) is 5.99. The topological polar surface area (TPSA) is 80.3 Å². The van der Waals surface area contributed by atoms with Gasteiger partial charge < -0.3 is 15.4 Å². The highest BCUT2D eigenvalue weighted by Gasteiger charge is 2.08. The fourth-order valence-electron chi connectivity index (χ4n) is 1.53. The summed E-state index contributed by atoms with van der Waals surface area (Å²) in [7, 11) is 1.56. The summed E-state index contributed by atoms with van der Waals surface area (Å²) in [5.74, 6) is -0.409. The van der Waals surface area contributed by atoms with Crippen molar-refractivity contribution in [3.63, 3.8) is 0 Å². The number of carbonyl (C=O) groups excluding carboxylic acids is 2. The molecule has 0 bridgehead atoms. The molecule has 0 aliphatic heterocycles. The molecular formula is C13H18ClN3O3. The van der Waals surface area contributed by atoms with E-state index in [1.165, 1.54) is 6.07 Å². The maximum atomic E-state index is 11.8. The maximum Gasteiger partial charge on any atom is 0.251 e. The third-order valence-electron chi connectivity index (χ3n) is 2.45. The van der Waals surface area contributed by atoms with Crippen LogP contribution in [-0.2, 0) is 9.53 Å². The van der Waals surface area contributed by atoms with Crippen LogP contribution in [0.1, 0.15) is 22.5 Å². The molecule has 6 nitrogen and oxygen atoms in total. The molecule has 0 aliphatic rings. The number of hydrogen-bond donors (Lipinski definition) is 2. The summed E-state index contributed by atoms with van der Waals surface area (Å²) in [6.07, 6.45) is 0.216. The van der Waals surface area contributed by atoms with Gasteiger partial charge in [-0.3, -0.25) is 9.59 Å². The van der Waals surface area contributed by atoms with E-state index in [4.69, 9.17) is 16.3 Å². The molecule has 0 spiro atoms. The number of rotatable bonds is 7. The van der Waals surface area contributed by atoms with Gasteiger partial charge in [0.15, 0.2) is 0 Å². The zero-order chi connectivity index (χ0) is 15.0. The predicted molar refractivity (Wildman–Crippen MR) is 75.8 cm³/mol. The van der Waals surface area contributed by atoms with E-state index < -0.39 is 0 Å². The first-order valence-electron chi connectivity index (χ1n) is 6.21. The predicted octanol–water partition coefficient (Wildman–Crippen LogP) is 0.926. The van der Waals surface area contributed by atoms with Crippen molar-refractivity contribution in [2.75, 3.05) is 26.8 Å². The highest BCUT2D eigenvalue weighted by Crippen LogP contribution is 2.10. The second kappa shape index (κ2) is 8.50. The van der Waals surface area contributed by atoms with Gasteiger partial charge in [-0.05, 0) is 19.1 Å². The lowest BCUT2D eigenvalue weighted by Crippen LogP contribution is -2.32. The Morgan fingerprint density at radius 1 is 1.30 bits per heavy atom. The number of methoxy groups -OCH3 is 1. The molecule has 7 heteroatoms. The third-order valence-corrected chi connectivity index (χ3v) is 2.64. The van der Waals surface area contributed by atoms with Gasteiger partial charge in [-0.15, -0.1) is 0 Å². The van der Waals surface area contributed by atoms with Gasteiger partial charge >= 0.3 is 0 Å². The van der Waals surface area contributed by atoms with Crippen LogP contribution in [0.4, 0.5) is 0 Å². The summed E-state index contributed by atoms with van der Waals surface area (Å²) in [5, 5.41) is 5.60.